The summed E-state index contributed by atoms with van der Waals surface area (Å²) in [5.41, 5.74) is 4.06. The predicted molar refractivity (Wildman–Crippen MR) is 118 cm³/mol. The summed E-state index contributed by atoms with van der Waals surface area (Å²) in [7, 11) is 0. The first-order valence-electron chi connectivity index (χ1n) is 9.50. The second kappa shape index (κ2) is 7.60. The molecule has 0 atom stereocenters. The van der Waals surface area contributed by atoms with Crippen molar-refractivity contribution in [2.45, 2.75) is 0 Å². The highest BCUT2D eigenvalue weighted by molar-refractivity contribution is 5.81. The molecule has 3 aromatic heterocycles. The molecule has 0 aliphatic rings. The van der Waals surface area contributed by atoms with Gasteiger partial charge in [0.2, 0.25) is 0 Å². The van der Waals surface area contributed by atoms with Crippen LogP contribution in [-0.4, -0.2) is 24.7 Å². The van der Waals surface area contributed by atoms with Gasteiger partial charge in [0.1, 0.15) is 11.5 Å². The molecule has 6 heteroatoms. The Morgan fingerprint density at radius 1 is 0.900 bits per heavy atom. The molecule has 3 heterocycles. The minimum Gasteiger partial charge on any atom is -0.306 e. The fraction of sp³-hybridized carbons (Fsp3) is 0. The van der Waals surface area contributed by atoms with Crippen LogP contribution in [0.4, 0.5) is 0 Å². The first-order valence-corrected chi connectivity index (χ1v) is 9.50. The summed E-state index contributed by atoms with van der Waals surface area (Å²) in [6.45, 7) is 0. The number of benzene rings is 2. The van der Waals surface area contributed by atoms with Gasteiger partial charge in [-0.1, -0.05) is 30.3 Å². The molecule has 0 aliphatic carbocycles. The fourth-order valence-corrected chi connectivity index (χ4v) is 3.30. The number of nitrogens with zero attached hydrogens (tertiary/aromatic N) is 4. The van der Waals surface area contributed by atoms with Crippen LogP contribution in [-0.2, 0) is 0 Å². The van der Waals surface area contributed by atoms with Crippen LogP contribution >= 0.6 is 0 Å². The van der Waals surface area contributed by atoms with Gasteiger partial charge in [0.15, 0.2) is 0 Å². The maximum atomic E-state index is 12.3. The normalized spacial score (nSPS) is 11.3. The first-order chi connectivity index (χ1) is 14.8. The molecular weight excluding hydrogens is 374 g/mol. The SMILES string of the molecule is O=c1[nH]c(/C=C/c2cn(-c3ccccc3)nc2-c2cccnc2)nc2ccccc12. The monoisotopic (exact) mass is 391 g/mol. The zero-order valence-electron chi connectivity index (χ0n) is 15.9. The Hall–Kier alpha value is -4.32. The van der Waals surface area contributed by atoms with Crippen LogP contribution in [0.2, 0.25) is 0 Å². The third-order valence-corrected chi connectivity index (χ3v) is 4.75. The average molecular weight is 391 g/mol. The maximum Gasteiger partial charge on any atom is 0.259 e. The molecule has 0 unspecified atom stereocenters. The Balaban J connectivity index is 1.60. The summed E-state index contributed by atoms with van der Waals surface area (Å²) in [4.78, 5) is 23.9. The van der Waals surface area contributed by atoms with E-state index in [4.69, 9.17) is 5.10 Å². The van der Waals surface area contributed by atoms with Crippen LogP contribution in [0, 0.1) is 0 Å². The van der Waals surface area contributed by atoms with E-state index in [0.29, 0.717) is 16.7 Å². The number of rotatable bonds is 4. The van der Waals surface area contributed by atoms with Crippen LogP contribution < -0.4 is 5.56 Å². The van der Waals surface area contributed by atoms with Crippen molar-refractivity contribution in [2.75, 3.05) is 0 Å². The zero-order chi connectivity index (χ0) is 20.3. The van der Waals surface area contributed by atoms with Gasteiger partial charge in [-0.3, -0.25) is 9.78 Å². The van der Waals surface area contributed by atoms with Gasteiger partial charge in [-0.2, -0.15) is 5.10 Å². The van der Waals surface area contributed by atoms with Crippen LogP contribution in [0.1, 0.15) is 11.4 Å². The second-order valence-corrected chi connectivity index (χ2v) is 6.76. The number of aromatic amines is 1. The van der Waals surface area contributed by atoms with Crippen LogP contribution in [0.15, 0.2) is 90.1 Å². The van der Waals surface area contributed by atoms with Gasteiger partial charge in [0.25, 0.3) is 5.56 Å². The number of H-pyrrole nitrogens is 1. The van der Waals surface area contributed by atoms with Gasteiger partial charge in [-0.25, -0.2) is 9.67 Å². The van der Waals surface area contributed by atoms with Gasteiger partial charge >= 0.3 is 0 Å². The van der Waals surface area contributed by atoms with Crippen LogP contribution in [0.5, 0.6) is 0 Å². The lowest BCUT2D eigenvalue weighted by atomic mass is 10.1. The zero-order valence-corrected chi connectivity index (χ0v) is 15.9. The summed E-state index contributed by atoms with van der Waals surface area (Å²) >= 11 is 0. The van der Waals surface area contributed by atoms with Crippen molar-refractivity contribution in [1.82, 2.24) is 24.7 Å². The largest absolute Gasteiger partial charge is 0.306 e. The average Bonchev–Trinajstić information content (AvgIpc) is 3.23. The molecule has 5 rings (SSSR count). The summed E-state index contributed by atoms with van der Waals surface area (Å²) in [5.74, 6) is 0.489. The molecule has 0 amide bonds. The van der Waals surface area contributed by atoms with E-state index in [9.17, 15) is 4.79 Å². The number of aromatic nitrogens is 5. The Labute approximate surface area is 172 Å². The van der Waals surface area contributed by atoms with E-state index < -0.39 is 0 Å². The van der Waals surface area contributed by atoms with Crippen LogP contribution in [0.25, 0.3) is 40.0 Å². The van der Waals surface area contributed by atoms with E-state index in [-0.39, 0.29) is 5.56 Å². The smallest absolute Gasteiger partial charge is 0.259 e. The molecule has 0 spiro atoms. The molecular formula is C24H17N5O. The molecule has 6 nitrogen and oxygen atoms in total. The van der Waals surface area contributed by atoms with E-state index in [1.807, 2.05) is 77.6 Å². The second-order valence-electron chi connectivity index (χ2n) is 6.76. The van der Waals surface area contributed by atoms with E-state index >= 15 is 0 Å². The molecule has 0 saturated heterocycles. The molecule has 0 fully saturated rings. The van der Waals surface area contributed by atoms with Gasteiger partial charge < -0.3 is 4.98 Å². The van der Waals surface area contributed by atoms with Crippen molar-refractivity contribution in [3.63, 3.8) is 0 Å². The summed E-state index contributed by atoms with van der Waals surface area (Å²) in [6, 6.07) is 21.0. The number of hydrogen-bond acceptors (Lipinski definition) is 4. The number of nitrogens with one attached hydrogen (secondary N) is 1. The van der Waals surface area contributed by atoms with Gasteiger partial charge in [0.05, 0.1) is 16.6 Å². The molecule has 0 saturated carbocycles. The van der Waals surface area contributed by atoms with Crippen molar-refractivity contribution >= 4 is 23.1 Å². The fourth-order valence-electron chi connectivity index (χ4n) is 3.30. The Bertz CT molecular complexity index is 1400. The third-order valence-electron chi connectivity index (χ3n) is 4.75. The van der Waals surface area contributed by atoms with E-state index in [1.165, 1.54) is 0 Å². The predicted octanol–water partition coefficient (Wildman–Crippen LogP) is 4.34. The van der Waals surface area contributed by atoms with Gasteiger partial charge in [-0.05, 0) is 48.6 Å². The molecule has 5 aromatic rings. The lowest BCUT2D eigenvalue weighted by molar-refractivity contribution is 0.884. The quantitative estimate of drug-likeness (QED) is 0.494. The van der Waals surface area contributed by atoms with E-state index in [1.54, 1.807) is 24.5 Å². The minimum absolute atomic E-state index is 0.160. The van der Waals surface area contributed by atoms with Crippen molar-refractivity contribution < 1.29 is 0 Å². The lowest BCUT2D eigenvalue weighted by Crippen LogP contribution is -2.09. The van der Waals surface area contributed by atoms with Crippen molar-refractivity contribution in [2.24, 2.45) is 0 Å². The molecule has 0 bridgehead atoms. The molecule has 1 N–H and O–H groups in total. The highest BCUT2D eigenvalue weighted by Crippen LogP contribution is 2.24. The molecule has 144 valence electrons. The standard InChI is InChI=1S/C24H17N5O/c30-24-20-10-4-5-11-21(20)26-22(27-24)13-12-18-16-29(19-8-2-1-3-9-19)28-23(18)17-7-6-14-25-15-17/h1-16H,(H,26,27,30)/b13-12+. The van der Waals surface area contributed by atoms with Crippen molar-refractivity contribution in [3.05, 3.63) is 107 Å². The summed E-state index contributed by atoms with van der Waals surface area (Å²) in [5, 5.41) is 5.34. The van der Waals surface area contributed by atoms with E-state index in [2.05, 4.69) is 15.0 Å². The van der Waals surface area contributed by atoms with Gasteiger partial charge in [0, 0.05) is 29.7 Å². The maximum absolute atomic E-state index is 12.3. The van der Waals surface area contributed by atoms with Crippen molar-refractivity contribution in [3.8, 4) is 16.9 Å². The number of hydrogen-bond donors (Lipinski definition) is 1. The lowest BCUT2D eigenvalue weighted by Gasteiger charge is -2.00. The van der Waals surface area contributed by atoms with E-state index in [0.717, 1.165) is 22.5 Å². The Kier molecular flexibility index (Phi) is 4.50. The van der Waals surface area contributed by atoms with Crippen molar-refractivity contribution in [1.29, 1.82) is 0 Å². The molecule has 0 aliphatic heterocycles. The van der Waals surface area contributed by atoms with Gasteiger partial charge in [-0.15, -0.1) is 0 Å². The highest BCUT2D eigenvalue weighted by Gasteiger charge is 2.11. The van der Waals surface area contributed by atoms with Crippen LogP contribution in [0.3, 0.4) is 0 Å². The number of para-hydroxylation sites is 2. The molecule has 2 aromatic carbocycles. The Morgan fingerprint density at radius 3 is 2.57 bits per heavy atom. The Morgan fingerprint density at radius 2 is 1.73 bits per heavy atom. The first kappa shape index (κ1) is 17.8. The summed E-state index contributed by atoms with van der Waals surface area (Å²) in [6.07, 6.45) is 9.16. The topological polar surface area (TPSA) is 76.5 Å². The number of fused-ring (bicyclic) bond motifs is 1. The molecule has 30 heavy (non-hydrogen) atoms. The summed E-state index contributed by atoms with van der Waals surface area (Å²) < 4.78 is 1.83. The molecule has 0 radical (unpaired) electrons. The highest BCUT2D eigenvalue weighted by atomic mass is 16.1. The third kappa shape index (κ3) is 3.42. The number of pyridine rings is 1. The minimum atomic E-state index is -0.160.